The number of thiazole rings is 1. The van der Waals surface area contributed by atoms with Crippen LogP contribution in [0.4, 0.5) is 4.39 Å². The van der Waals surface area contributed by atoms with Gasteiger partial charge in [0.1, 0.15) is 5.82 Å². The molecule has 0 fully saturated rings. The third-order valence-electron chi connectivity index (χ3n) is 3.35. The summed E-state index contributed by atoms with van der Waals surface area (Å²) in [5.74, 6) is 0.203. The average Bonchev–Trinajstić information content (AvgIpc) is 2.88. The van der Waals surface area contributed by atoms with Crippen LogP contribution in [0.25, 0.3) is 0 Å². The van der Waals surface area contributed by atoms with Crippen LogP contribution in [0, 0.1) is 31.0 Å². The Bertz CT molecular complexity index is 776. The van der Waals surface area contributed by atoms with Crippen molar-refractivity contribution in [3.63, 3.8) is 0 Å². The number of aryl methyl sites for hydroxylation is 2. The van der Waals surface area contributed by atoms with E-state index >= 15 is 0 Å². The first-order valence-corrected chi connectivity index (χ1v) is 8.48. The van der Waals surface area contributed by atoms with Gasteiger partial charge in [-0.25, -0.2) is 14.4 Å². The molecule has 0 atom stereocenters. The summed E-state index contributed by atoms with van der Waals surface area (Å²) >= 11 is 1.65. The number of hydrogen-bond donors (Lipinski definition) is 2. The van der Waals surface area contributed by atoms with E-state index in [1.54, 1.807) is 23.5 Å². The van der Waals surface area contributed by atoms with Crippen LogP contribution >= 0.6 is 11.3 Å². The number of aromatic nitrogens is 1. The summed E-state index contributed by atoms with van der Waals surface area (Å²) in [5.41, 5.74) is 1.77. The fourth-order valence-corrected chi connectivity index (χ4v) is 3.03. The molecule has 0 radical (unpaired) electrons. The van der Waals surface area contributed by atoms with Crippen LogP contribution in [0.15, 0.2) is 23.2 Å². The summed E-state index contributed by atoms with van der Waals surface area (Å²) in [6.07, 6.45) is 0. The highest BCUT2D eigenvalue weighted by Gasteiger charge is 2.07. The van der Waals surface area contributed by atoms with Gasteiger partial charge in [0.25, 0.3) is 0 Å². The summed E-state index contributed by atoms with van der Waals surface area (Å²) in [6, 6.07) is 6.34. The highest BCUT2D eigenvalue weighted by Crippen LogP contribution is 2.16. The number of aliphatic imine (C=N–C) groups is 1. The van der Waals surface area contributed by atoms with Crippen LogP contribution in [0.5, 0.6) is 0 Å². The number of guanidine groups is 1. The zero-order valence-corrected chi connectivity index (χ0v) is 14.8. The first-order chi connectivity index (χ1) is 11.5. The zero-order valence-electron chi connectivity index (χ0n) is 14.0. The number of nitrogens with zero attached hydrogens (tertiary/aromatic N) is 3. The van der Waals surface area contributed by atoms with E-state index in [4.69, 9.17) is 5.26 Å². The monoisotopic (exact) mass is 345 g/mol. The molecule has 1 heterocycles. The summed E-state index contributed by atoms with van der Waals surface area (Å²) in [7, 11) is 0. The largest absolute Gasteiger partial charge is 0.357 e. The van der Waals surface area contributed by atoms with Gasteiger partial charge in [-0.2, -0.15) is 5.26 Å². The van der Waals surface area contributed by atoms with Crippen LogP contribution in [0.1, 0.15) is 33.6 Å². The van der Waals surface area contributed by atoms with Gasteiger partial charge in [-0.1, -0.05) is 6.07 Å². The molecule has 2 rings (SSSR count). The van der Waals surface area contributed by atoms with E-state index in [2.05, 4.69) is 20.6 Å². The minimum atomic E-state index is -0.414. The highest BCUT2D eigenvalue weighted by atomic mass is 32.1. The molecule has 0 saturated carbocycles. The predicted molar refractivity (Wildman–Crippen MR) is 94.4 cm³/mol. The molecule has 7 heteroatoms. The number of hydrogen-bond acceptors (Lipinski definition) is 4. The van der Waals surface area contributed by atoms with Crippen LogP contribution < -0.4 is 10.6 Å². The Kier molecular flexibility index (Phi) is 6.27. The molecular weight excluding hydrogens is 325 g/mol. The maximum Gasteiger partial charge on any atom is 0.191 e. The standard InChI is InChI=1S/C17H20FN5S/c1-4-20-17(22-10-16-11(2)23-12(3)24-16)21-9-14-6-5-13(8-19)7-15(14)18/h5-7H,4,9-10H2,1-3H3,(H2,20,21,22). The average molecular weight is 345 g/mol. The van der Waals surface area contributed by atoms with Gasteiger partial charge < -0.3 is 10.6 Å². The minimum Gasteiger partial charge on any atom is -0.357 e. The molecular formula is C17H20FN5S. The van der Waals surface area contributed by atoms with E-state index in [0.717, 1.165) is 15.6 Å². The molecule has 0 amide bonds. The normalized spacial score (nSPS) is 11.2. The first kappa shape index (κ1) is 17.9. The third-order valence-corrected chi connectivity index (χ3v) is 4.42. The maximum absolute atomic E-state index is 13.9. The molecule has 24 heavy (non-hydrogen) atoms. The van der Waals surface area contributed by atoms with Gasteiger partial charge in [0.05, 0.1) is 35.4 Å². The number of nitriles is 1. The quantitative estimate of drug-likeness (QED) is 0.645. The summed E-state index contributed by atoms with van der Waals surface area (Å²) in [5, 5.41) is 16.2. The molecule has 0 aliphatic heterocycles. The van der Waals surface area contributed by atoms with Crippen molar-refractivity contribution in [2.75, 3.05) is 6.54 Å². The van der Waals surface area contributed by atoms with Crippen molar-refractivity contribution in [2.24, 2.45) is 4.99 Å². The number of nitrogens with one attached hydrogen (secondary N) is 2. The Balaban J connectivity index is 2.05. The third kappa shape index (κ3) is 4.77. The Morgan fingerprint density at radius 2 is 2.17 bits per heavy atom. The van der Waals surface area contributed by atoms with Crippen molar-refractivity contribution >= 4 is 17.3 Å². The Labute approximate surface area is 145 Å². The van der Waals surface area contributed by atoms with E-state index in [1.807, 2.05) is 26.8 Å². The van der Waals surface area contributed by atoms with Gasteiger partial charge in [0, 0.05) is 17.0 Å². The smallest absolute Gasteiger partial charge is 0.191 e. The topological polar surface area (TPSA) is 73.1 Å². The van der Waals surface area contributed by atoms with Crippen molar-refractivity contribution in [1.29, 1.82) is 5.26 Å². The van der Waals surface area contributed by atoms with E-state index in [9.17, 15) is 4.39 Å². The Morgan fingerprint density at radius 3 is 2.75 bits per heavy atom. The van der Waals surface area contributed by atoms with E-state index in [0.29, 0.717) is 30.2 Å². The second-order valence-electron chi connectivity index (χ2n) is 5.21. The molecule has 0 unspecified atom stereocenters. The van der Waals surface area contributed by atoms with Gasteiger partial charge in [0.15, 0.2) is 5.96 Å². The second kappa shape index (κ2) is 8.41. The van der Waals surface area contributed by atoms with Gasteiger partial charge in [-0.05, 0) is 32.9 Å². The SMILES string of the molecule is CCNC(=NCc1ccc(C#N)cc1F)NCc1sc(C)nc1C. The van der Waals surface area contributed by atoms with Crippen LogP contribution in [-0.2, 0) is 13.1 Å². The van der Waals surface area contributed by atoms with Crippen molar-refractivity contribution in [1.82, 2.24) is 15.6 Å². The summed E-state index contributed by atoms with van der Waals surface area (Å²) in [6.45, 7) is 7.47. The minimum absolute atomic E-state index is 0.202. The molecule has 0 bridgehead atoms. The zero-order chi connectivity index (χ0) is 17.5. The number of halogens is 1. The fraction of sp³-hybridized carbons (Fsp3) is 0.353. The molecule has 0 aliphatic rings. The van der Waals surface area contributed by atoms with E-state index in [1.165, 1.54) is 6.07 Å². The van der Waals surface area contributed by atoms with Crippen molar-refractivity contribution in [2.45, 2.75) is 33.9 Å². The Hall–Kier alpha value is -2.46. The molecule has 0 spiro atoms. The lowest BCUT2D eigenvalue weighted by Gasteiger charge is -2.11. The van der Waals surface area contributed by atoms with E-state index < -0.39 is 5.82 Å². The van der Waals surface area contributed by atoms with Crippen LogP contribution in [0.3, 0.4) is 0 Å². The summed E-state index contributed by atoms with van der Waals surface area (Å²) < 4.78 is 13.9. The fourth-order valence-electron chi connectivity index (χ4n) is 2.15. The van der Waals surface area contributed by atoms with Crippen molar-refractivity contribution in [3.8, 4) is 6.07 Å². The lowest BCUT2D eigenvalue weighted by molar-refractivity contribution is 0.609. The molecule has 5 nitrogen and oxygen atoms in total. The lowest BCUT2D eigenvalue weighted by Crippen LogP contribution is -2.36. The van der Waals surface area contributed by atoms with Gasteiger partial charge in [-0.15, -0.1) is 11.3 Å². The Morgan fingerprint density at radius 1 is 1.38 bits per heavy atom. The van der Waals surface area contributed by atoms with Crippen LogP contribution in [-0.4, -0.2) is 17.5 Å². The molecule has 126 valence electrons. The van der Waals surface area contributed by atoms with Gasteiger partial charge in [0.2, 0.25) is 0 Å². The molecule has 2 N–H and O–H groups in total. The first-order valence-electron chi connectivity index (χ1n) is 7.67. The van der Waals surface area contributed by atoms with Crippen LogP contribution in [0.2, 0.25) is 0 Å². The van der Waals surface area contributed by atoms with Gasteiger partial charge >= 0.3 is 0 Å². The van der Waals surface area contributed by atoms with Crippen molar-refractivity contribution < 1.29 is 4.39 Å². The maximum atomic E-state index is 13.9. The predicted octanol–water partition coefficient (Wildman–Crippen LogP) is 3.03. The van der Waals surface area contributed by atoms with E-state index in [-0.39, 0.29) is 6.54 Å². The highest BCUT2D eigenvalue weighted by molar-refractivity contribution is 7.11. The molecule has 2 aromatic rings. The molecule has 1 aromatic carbocycles. The lowest BCUT2D eigenvalue weighted by atomic mass is 10.1. The molecule has 0 aliphatic carbocycles. The molecule has 1 aromatic heterocycles. The second-order valence-corrected chi connectivity index (χ2v) is 6.50. The van der Waals surface area contributed by atoms with Crippen molar-refractivity contribution in [3.05, 3.63) is 50.7 Å². The summed E-state index contributed by atoms with van der Waals surface area (Å²) in [4.78, 5) is 9.96. The van der Waals surface area contributed by atoms with Gasteiger partial charge in [-0.3, -0.25) is 0 Å². The number of rotatable bonds is 5. The molecule has 0 saturated heterocycles. The number of benzene rings is 1.